The Hall–Kier alpha value is -3.90. The highest BCUT2D eigenvalue weighted by molar-refractivity contribution is 5.91. The maximum atomic E-state index is 14.9. The van der Waals surface area contributed by atoms with E-state index in [4.69, 9.17) is 9.47 Å². The predicted molar refractivity (Wildman–Crippen MR) is 127 cm³/mol. The molecule has 1 fully saturated rings. The molecular formula is C29H21F3O3. The lowest BCUT2D eigenvalue weighted by molar-refractivity contribution is 0.0734. The minimum atomic E-state index is -0.965. The monoisotopic (exact) mass is 474 g/mol. The molecule has 0 aromatic heterocycles. The van der Waals surface area contributed by atoms with E-state index in [1.165, 1.54) is 42.5 Å². The molecule has 176 valence electrons. The molecule has 0 N–H and O–H groups in total. The normalized spacial score (nSPS) is 14.6. The summed E-state index contributed by atoms with van der Waals surface area (Å²) in [4.78, 5) is 12.5. The molecule has 1 aliphatic rings. The summed E-state index contributed by atoms with van der Waals surface area (Å²) in [6, 6.07) is 20.5. The van der Waals surface area contributed by atoms with Crippen LogP contribution in [0.2, 0.25) is 0 Å². The summed E-state index contributed by atoms with van der Waals surface area (Å²) in [6.07, 6.45) is 0.617. The van der Waals surface area contributed by atoms with Crippen molar-refractivity contribution in [2.24, 2.45) is 0 Å². The molecule has 4 aromatic rings. The molecule has 0 spiro atoms. The number of benzene rings is 4. The molecule has 0 radical (unpaired) electrons. The minimum absolute atomic E-state index is 0.0663. The second-order valence-electron chi connectivity index (χ2n) is 8.31. The molecule has 1 atom stereocenters. The number of halogens is 3. The Morgan fingerprint density at radius 2 is 1.43 bits per heavy atom. The smallest absolute Gasteiger partial charge is 0.343 e. The van der Waals surface area contributed by atoms with E-state index in [0.29, 0.717) is 23.3 Å². The summed E-state index contributed by atoms with van der Waals surface area (Å²) < 4.78 is 54.3. The van der Waals surface area contributed by atoms with Gasteiger partial charge in [-0.1, -0.05) is 55.5 Å². The molecule has 1 aliphatic heterocycles. The van der Waals surface area contributed by atoms with Gasteiger partial charge in [-0.2, -0.15) is 0 Å². The van der Waals surface area contributed by atoms with Gasteiger partial charge in [-0.05, 0) is 47.4 Å². The molecule has 6 heteroatoms. The predicted octanol–water partition coefficient (Wildman–Crippen LogP) is 7.29. The molecule has 0 bridgehead atoms. The zero-order chi connectivity index (χ0) is 24.5. The number of epoxide rings is 1. The Balaban J connectivity index is 1.33. The first-order chi connectivity index (χ1) is 16.9. The Bertz CT molecular complexity index is 1390. The van der Waals surface area contributed by atoms with Crippen molar-refractivity contribution in [2.45, 2.75) is 19.4 Å². The molecule has 1 heterocycles. The largest absolute Gasteiger partial charge is 0.423 e. The average Bonchev–Trinajstić information content (AvgIpc) is 3.71. The van der Waals surface area contributed by atoms with Crippen LogP contribution in [0.25, 0.3) is 22.3 Å². The third-order valence-electron chi connectivity index (χ3n) is 6.05. The van der Waals surface area contributed by atoms with Gasteiger partial charge in [0.15, 0.2) is 11.6 Å². The number of rotatable bonds is 6. The van der Waals surface area contributed by atoms with E-state index >= 15 is 0 Å². The molecule has 1 unspecified atom stereocenters. The van der Waals surface area contributed by atoms with Gasteiger partial charge in [-0.15, -0.1) is 0 Å². The average molecular weight is 474 g/mol. The molecule has 3 nitrogen and oxygen atoms in total. The molecule has 0 aliphatic carbocycles. The van der Waals surface area contributed by atoms with Gasteiger partial charge in [0.05, 0.1) is 12.2 Å². The first kappa shape index (κ1) is 22.9. The van der Waals surface area contributed by atoms with Crippen LogP contribution in [0, 0.1) is 17.5 Å². The summed E-state index contributed by atoms with van der Waals surface area (Å²) in [5, 5.41) is 0. The standard InChI is InChI=1S/C29H21F3O3/c1-2-17-3-5-18(6-4-17)22-13-14-23(28(32)27(22)31)19-7-9-20(10-8-19)29(33)35-21-11-12-24(25(30)15-21)26-16-34-26/h3-15,26H,2,16H2,1H3. The Morgan fingerprint density at radius 3 is 1.94 bits per heavy atom. The maximum Gasteiger partial charge on any atom is 0.343 e. The number of ether oxygens (including phenoxy) is 2. The highest BCUT2D eigenvalue weighted by Crippen LogP contribution is 2.34. The summed E-state index contributed by atoms with van der Waals surface area (Å²) in [5.74, 6) is -3.03. The van der Waals surface area contributed by atoms with E-state index in [9.17, 15) is 18.0 Å². The van der Waals surface area contributed by atoms with Crippen molar-refractivity contribution in [1.29, 1.82) is 0 Å². The lowest BCUT2D eigenvalue weighted by Gasteiger charge is -2.10. The van der Waals surface area contributed by atoms with Crippen molar-refractivity contribution in [3.8, 4) is 28.0 Å². The van der Waals surface area contributed by atoms with Crippen LogP contribution in [0.4, 0.5) is 13.2 Å². The minimum Gasteiger partial charge on any atom is -0.423 e. The van der Waals surface area contributed by atoms with E-state index < -0.39 is 23.4 Å². The van der Waals surface area contributed by atoms with Gasteiger partial charge in [0.2, 0.25) is 0 Å². The lowest BCUT2D eigenvalue weighted by Crippen LogP contribution is -2.08. The fourth-order valence-electron chi connectivity index (χ4n) is 3.93. The van der Waals surface area contributed by atoms with Gasteiger partial charge in [-0.3, -0.25) is 0 Å². The SMILES string of the molecule is CCc1ccc(-c2ccc(-c3ccc(C(=O)Oc4ccc(C5CO5)c(F)c4)cc3)c(F)c2F)cc1. The third-order valence-corrected chi connectivity index (χ3v) is 6.05. The highest BCUT2D eigenvalue weighted by atomic mass is 19.2. The van der Waals surface area contributed by atoms with E-state index in [1.54, 1.807) is 18.2 Å². The Labute approximate surface area is 200 Å². The third kappa shape index (κ3) is 4.70. The topological polar surface area (TPSA) is 38.8 Å². The number of carbonyl (C=O) groups is 1. The molecular weight excluding hydrogens is 453 g/mol. The van der Waals surface area contributed by atoms with Gasteiger partial charge in [0, 0.05) is 22.8 Å². The van der Waals surface area contributed by atoms with Crippen molar-refractivity contribution in [3.05, 3.63) is 113 Å². The number of aryl methyl sites for hydroxylation is 1. The van der Waals surface area contributed by atoms with Crippen LogP contribution >= 0.6 is 0 Å². The maximum absolute atomic E-state index is 14.9. The van der Waals surface area contributed by atoms with Gasteiger partial charge in [-0.25, -0.2) is 18.0 Å². The fourth-order valence-corrected chi connectivity index (χ4v) is 3.93. The summed E-state index contributed by atoms with van der Waals surface area (Å²) in [7, 11) is 0. The zero-order valence-corrected chi connectivity index (χ0v) is 18.9. The Kier molecular flexibility index (Phi) is 6.14. The van der Waals surface area contributed by atoms with E-state index in [-0.39, 0.29) is 28.5 Å². The van der Waals surface area contributed by atoms with Crippen LogP contribution < -0.4 is 4.74 Å². The fraction of sp³-hybridized carbons (Fsp3) is 0.138. The zero-order valence-electron chi connectivity index (χ0n) is 18.9. The van der Waals surface area contributed by atoms with Crippen LogP contribution in [0.5, 0.6) is 5.75 Å². The molecule has 35 heavy (non-hydrogen) atoms. The number of esters is 1. The van der Waals surface area contributed by atoms with Crippen molar-refractivity contribution < 1.29 is 27.4 Å². The van der Waals surface area contributed by atoms with E-state index in [0.717, 1.165) is 18.1 Å². The number of hydrogen-bond donors (Lipinski definition) is 0. The van der Waals surface area contributed by atoms with Crippen molar-refractivity contribution in [2.75, 3.05) is 6.61 Å². The quantitative estimate of drug-likeness (QED) is 0.167. The van der Waals surface area contributed by atoms with Crippen LogP contribution in [-0.4, -0.2) is 12.6 Å². The van der Waals surface area contributed by atoms with Crippen LogP contribution in [0.15, 0.2) is 78.9 Å². The summed E-state index contributed by atoms with van der Waals surface area (Å²) in [6.45, 7) is 2.50. The second kappa shape index (κ2) is 9.39. The summed E-state index contributed by atoms with van der Waals surface area (Å²) in [5.41, 5.74) is 2.99. The number of carbonyl (C=O) groups excluding carboxylic acids is 1. The lowest BCUT2D eigenvalue weighted by atomic mass is 9.97. The first-order valence-electron chi connectivity index (χ1n) is 11.3. The van der Waals surface area contributed by atoms with E-state index in [2.05, 4.69) is 0 Å². The highest BCUT2D eigenvalue weighted by Gasteiger charge is 2.28. The van der Waals surface area contributed by atoms with Crippen LogP contribution in [-0.2, 0) is 11.2 Å². The molecule has 0 saturated carbocycles. The van der Waals surface area contributed by atoms with Gasteiger partial charge in [0.25, 0.3) is 0 Å². The van der Waals surface area contributed by atoms with Crippen LogP contribution in [0.3, 0.4) is 0 Å². The van der Waals surface area contributed by atoms with Gasteiger partial charge < -0.3 is 9.47 Å². The molecule has 0 amide bonds. The number of hydrogen-bond acceptors (Lipinski definition) is 3. The molecule has 4 aromatic carbocycles. The molecule has 5 rings (SSSR count). The van der Waals surface area contributed by atoms with Crippen molar-refractivity contribution in [3.63, 3.8) is 0 Å². The second-order valence-corrected chi connectivity index (χ2v) is 8.31. The van der Waals surface area contributed by atoms with E-state index in [1.807, 2.05) is 19.1 Å². The van der Waals surface area contributed by atoms with Crippen molar-refractivity contribution >= 4 is 5.97 Å². The van der Waals surface area contributed by atoms with Gasteiger partial charge >= 0.3 is 5.97 Å². The van der Waals surface area contributed by atoms with Crippen molar-refractivity contribution in [1.82, 2.24) is 0 Å². The first-order valence-corrected chi connectivity index (χ1v) is 11.3. The van der Waals surface area contributed by atoms with Gasteiger partial charge in [0.1, 0.15) is 17.7 Å². The van der Waals surface area contributed by atoms with Crippen LogP contribution in [0.1, 0.15) is 34.5 Å². The Morgan fingerprint density at radius 1 is 0.857 bits per heavy atom. The summed E-state index contributed by atoms with van der Waals surface area (Å²) >= 11 is 0. The molecule has 1 saturated heterocycles.